The average molecular weight is 676 g/mol. The smallest absolute Gasteiger partial charge is 0.121 e. The van der Waals surface area contributed by atoms with Crippen molar-refractivity contribution < 1.29 is 0 Å². The summed E-state index contributed by atoms with van der Waals surface area (Å²) in [6.07, 6.45) is 0. The number of nitrogens with zero attached hydrogens (tertiary/aromatic N) is 3. The highest BCUT2D eigenvalue weighted by molar-refractivity contribution is 6.24. The van der Waals surface area contributed by atoms with Crippen LogP contribution in [0.25, 0.3) is 93.9 Å². The van der Waals surface area contributed by atoms with Crippen molar-refractivity contribution in [2.45, 2.75) is 0 Å². The molecule has 9 aromatic carbocycles. The molecule has 1 aromatic heterocycles. The van der Waals surface area contributed by atoms with Gasteiger partial charge in [-0.05, 0) is 83.9 Å². The highest BCUT2D eigenvalue weighted by Gasteiger charge is 2.22. The van der Waals surface area contributed by atoms with Crippen LogP contribution in [-0.4, -0.2) is 15.0 Å². The largest absolute Gasteiger partial charge is 0.212 e. The molecular formula is C50H33N3. The topological polar surface area (TPSA) is 30.7 Å². The number of para-hydroxylation sites is 1. The Morgan fingerprint density at radius 1 is 0.321 bits per heavy atom. The van der Waals surface area contributed by atoms with Crippen molar-refractivity contribution in [3.8, 4) is 61.6 Å². The van der Waals surface area contributed by atoms with E-state index in [1.807, 2.05) is 28.9 Å². The van der Waals surface area contributed by atoms with E-state index in [9.17, 15) is 0 Å². The maximum Gasteiger partial charge on any atom is 0.121 e. The Morgan fingerprint density at radius 3 is 1.47 bits per heavy atom. The zero-order valence-electron chi connectivity index (χ0n) is 28.9. The molecule has 0 radical (unpaired) electrons. The third kappa shape index (κ3) is 5.21. The van der Waals surface area contributed by atoms with E-state index in [0.717, 1.165) is 28.2 Å². The first kappa shape index (κ1) is 30.7. The summed E-state index contributed by atoms with van der Waals surface area (Å²) in [5.41, 5.74) is 12.1. The number of hydrogen-bond acceptors (Lipinski definition) is 2. The lowest BCUT2D eigenvalue weighted by molar-refractivity contribution is 0.808. The molecule has 0 amide bonds. The Kier molecular flexibility index (Phi) is 7.47. The van der Waals surface area contributed by atoms with Crippen LogP contribution in [0.4, 0.5) is 0 Å². The van der Waals surface area contributed by atoms with Gasteiger partial charge in [0.15, 0.2) is 0 Å². The Bertz CT molecular complexity index is 2910. The van der Waals surface area contributed by atoms with Gasteiger partial charge in [-0.2, -0.15) is 0 Å². The van der Waals surface area contributed by atoms with Crippen LogP contribution in [0.2, 0.25) is 0 Å². The number of fused-ring (bicyclic) bond motifs is 3. The minimum absolute atomic E-state index is 0.841. The lowest BCUT2D eigenvalue weighted by Crippen LogP contribution is -1.99. The lowest BCUT2D eigenvalue weighted by Gasteiger charge is -2.20. The predicted molar refractivity (Wildman–Crippen MR) is 221 cm³/mol. The zero-order chi connectivity index (χ0) is 35.1. The molecule has 3 heteroatoms. The van der Waals surface area contributed by atoms with Gasteiger partial charge in [0.05, 0.1) is 5.69 Å². The molecule has 0 spiro atoms. The van der Waals surface area contributed by atoms with E-state index < -0.39 is 0 Å². The minimum Gasteiger partial charge on any atom is -0.212 e. The molecule has 0 fully saturated rings. The first-order valence-electron chi connectivity index (χ1n) is 18.0. The van der Waals surface area contributed by atoms with Crippen LogP contribution in [0, 0.1) is 0 Å². The molecule has 0 unspecified atom stereocenters. The van der Waals surface area contributed by atoms with Gasteiger partial charge >= 0.3 is 0 Å². The Labute approximate surface area is 308 Å². The number of benzene rings is 9. The fourth-order valence-corrected chi connectivity index (χ4v) is 8.00. The van der Waals surface area contributed by atoms with Gasteiger partial charge in [0.1, 0.15) is 11.4 Å². The maximum atomic E-state index is 4.88. The lowest BCUT2D eigenvalue weighted by atomic mass is 9.83. The summed E-state index contributed by atoms with van der Waals surface area (Å²) in [5, 5.41) is 16.9. The van der Waals surface area contributed by atoms with Gasteiger partial charge in [0.2, 0.25) is 0 Å². The molecule has 3 nitrogen and oxygen atoms in total. The van der Waals surface area contributed by atoms with E-state index in [1.165, 1.54) is 65.7 Å². The second kappa shape index (κ2) is 12.9. The predicted octanol–water partition coefficient (Wildman–Crippen LogP) is 13.1. The summed E-state index contributed by atoms with van der Waals surface area (Å²) in [6, 6.07) is 71.3. The van der Waals surface area contributed by atoms with Crippen LogP contribution >= 0.6 is 0 Å². The van der Waals surface area contributed by atoms with E-state index in [0.29, 0.717) is 0 Å². The van der Waals surface area contributed by atoms with Crippen LogP contribution in [-0.2, 0) is 0 Å². The van der Waals surface area contributed by atoms with Crippen LogP contribution in [0.5, 0.6) is 0 Å². The SMILES string of the molecule is c1ccc(-c2ccc(-c3c4ccccc4c(-c4ccccc4)c4cc(-c5nnn(-c6ccccc6)c5-c5ccccc5)ccc34)c3ccccc23)cc1. The molecule has 0 N–H and O–H groups in total. The van der Waals surface area contributed by atoms with Crippen molar-refractivity contribution in [3.63, 3.8) is 0 Å². The standard InChI is InChI=1S/C50H33N3/c1-5-17-34(18-6-1)39-31-32-44(41-26-14-13-25-40(39)41)48-43-28-16-15-27-42(43)47(35-19-7-2-8-20-35)46-33-37(29-30-45(46)48)49-50(36-21-9-3-10-22-36)53(52-51-49)38-23-11-4-12-24-38/h1-33H. The molecule has 0 atom stereocenters. The molecule has 1 heterocycles. The quantitative estimate of drug-likeness (QED) is 0.164. The second-order valence-electron chi connectivity index (χ2n) is 13.4. The minimum atomic E-state index is 0.841. The summed E-state index contributed by atoms with van der Waals surface area (Å²) in [5.74, 6) is 0. The zero-order valence-corrected chi connectivity index (χ0v) is 28.9. The third-order valence-corrected chi connectivity index (χ3v) is 10.4. The van der Waals surface area contributed by atoms with Gasteiger partial charge in [-0.3, -0.25) is 0 Å². The normalized spacial score (nSPS) is 11.4. The highest BCUT2D eigenvalue weighted by Crippen LogP contribution is 2.47. The Hall–Kier alpha value is -7.10. The first-order valence-corrected chi connectivity index (χ1v) is 18.0. The summed E-state index contributed by atoms with van der Waals surface area (Å²) in [6.45, 7) is 0. The second-order valence-corrected chi connectivity index (χ2v) is 13.4. The summed E-state index contributed by atoms with van der Waals surface area (Å²) in [7, 11) is 0. The molecule has 10 rings (SSSR count). The molecule has 0 bridgehead atoms. The summed E-state index contributed by atoms with van der Waals surface area (Å²) < 4.78 is 1.96. The monoisotopic (exact) mass is 675 g/mol. The summed E-state index contributed by atoms with van der Waals surface area (Å²) >= 11 is 0. The van der Waals surface area contributed by atoms with Crippen molar-refractivity contribution in [2.24, 2.45) is 0 Å². The van der Waals surface area contributed by atoms with E-state index in [2.05, 4.69) is 176 Å². The van der Waals surface area contributed by atoms with Gasteiger partial charge < -0.3 is 0 Å². The van der Waals surface area contributed by atoms with Crippen LogP contribution < -0.4 is 0 Å². The molecule has 0 saturated carbocycles. The van der Waals surface area contributed by atoms with E-state index >= 15 is 0 Å². The van der Waals surface area contributed by atoms with Crippen molar-refractivity contribution in [3.05, 3.63) is 200 Å². The van der Waals surface area contributed by atoms with Gasteiger partial charge in [0.25, 0.3) is 0 Å². The fourth-order valence-electron chi connectivity index (χ4n) is 8.00. The van der Waals surface area contributed by atoms with Gasteiger partial charge in [0, 0.05) is 11.1 Å². The summed E-state index contributed by atoms with van der Waals surface area (Å²) in [4.78, 5) is 0. The van der Waals surface area contributed by atoms with E-state index in [4.69, 9.17) is 10.3 Å². The molecule has 0 aliphatic rings. The Morgan fingerprint density at radius 2 is 0.811 bits per heavy atom. The van der Waals surface area contributed by atoms with Crippen LogP contribution in [0.1, 0.15) is 0 Å². The molecule has 0 saturated heterocycles. The Balaban J connectivity index is 1.29. The fraction of sp³-hybridized carbons (Fsp3) is 0. The molecular weight excluding hydrogens is 643 g/mol. The molecule has 10 aromatic rings. The van der Waals surface area contributed by atoms with Crippen LogP contribution in [0.3, 0.4) is 0 Å². The molecule has 0 aliphatic heterocycles. The molecule has 53 heavy (non-hydrogen) atoms. The molecule has 248 valence electrons. The maximum absolute atomic E-state index is 4.88. The van der Waals surface area contributed by atoms with Crippen molar-refractivity contribution >= 4 is 32.3 Å². The number of hydrogen-bond donors (Lipinski definition) is 0. The third-order valence-electron chi connectivity index (χ3n) is 10.4. The number of rotatable bonds is 6. The number of aromatic nitrogens is 3. The molecule has 0 aliphatic carbocycles. The highest BCUT2D eigenvalue weighted by atomic mass is 15.4. The van der Waals surface area contributed by atoms with E-state index in [-0.39, 0.29) is 0 Å². The van der Waals surface area contributed by atoms with E-state index in [1.54, 1.807) is 0 Å². The first-order chi connectivity index (χ1) is 26.3. The van der Waals surface area contributed by atoms with Crippen LogP contribution in [0.15, 0.2) is 200 Å². The average Bonchev–Trinajstić information content (AvgIpc) is 3.69. The van der Waals surface area contributed by atoms with Gasteiger partial charge in [-0.15, -0.1) is 5.10 Å². The van der Waals surface area contributed by atoms with Gasteiger partial charge in [-0.25, -0.2) is 4.68 Å². The van der Waals surface area contributed by atoms with Crippen molar-refractivity contribution in [1.82, 2.24) is 15.0 Å². The van der Waals surface area contributed by atoms with Gasteiger partial charge in [-0.1, -0.05) is 187 Å². The van der Waals surface area contributed by atoms with Crippen molar-refractivity contribution in [1.29, 1.82) is 0 Å². The van der Waals surface area contributed by atoms with Crippen molar-refractivity contribution in [2.75, 3.05) is 0 Å².